The molecule has 1 N–H and O–H groups in total. The van der Waals surface area contributed by atoms with Gasteiger partial charge in [0.2, 0.25) is 5.91 Å². The number of amides is 2. The molecule has 0 saturated carbocycles. The molecule has 2 saturated heterocycles. The van der Waals surface area contributed by atoms with E-state index in [1.165, 1.54) is 18.2 Å². The van der Waals surface area contributed by atoms with Gasteiger partial charge in [0.05, 0.1) is 36.3 Å². The van der Waals surface area contributed by atoms with E-state index in [2.05, 4.69) is 5.32 Å². The van der Waals surface area contributed by atoms with Crippen molar-refractivity contribution in [3.8, 4) is 0 Å². The number of alkyl halides is 5. The van der Waals surface area contributed by atoms with Crippen molar-refractivity contribution < 1.29 is 49.1 Å². The Morgan fingerprint density at radius 2 is 1.84 bits per heavy atom. The molecule has 2 aromatic carbocycles. The summed E-state index contributed by atoms with van der Waals surface area (Å²) in [5.74, 6) is -3.35. The number of likely N-dealkylation sites (tertiary alicyclic amines) is 1. The number of benzene rings is 2. The maximum Gasteiger partial charge on any atom is 0.416 e. The van der Waals surface area contributed by atoms with Crippen molar-refractivity contribution in [3.05, 3.63) is 65.0 Å². The van der Waals surface area contributed by atoms with Gasteiger partial charge in [-0.25, -0.2) is 21.6 Å². The van der Waals surface area contributed by atoms with Gasteiger partial charge in [0.25, 0.3) is 5.91 Å². The monoisotopic (exact) mass is 564 g/mol. The molecule has 2 aromatic rings. The van der Waals surface area contributed by atoms with Gasteiger partial charge in [-0.3, -0.25) is 9.59 Å². The normalized spacial score (nSPS) is 22.0. The fourth-order valence-corrected chi connectivity index (χ4v) is 5.08. The largest absolute Gasteiger partial charge is 0.416 e. The minimum absolute atomic E-state index is 0.139. The van der Waals surface area contributed by atoms with E-state index in [0.717, 1.165) is 17.2 Å². The first-order chi connectivity index (χ1) is 17.6. The number of carbonyl (C=O) groups is 2. The maximum absolute atomic E-state index is 15.4. The molecule has 1 unspecified atom stereocenters. The smallest absolute Gasteiger partial charge is 0.374 e. The standard InChI is InChI=1S/C24H22F6N2O5S/c1-38(35,36)16-4-2-3-13(7-16)22(34)32-10-15(25)9-19(32)21(33)31-20(23(27)11-37-12-23)17-6-5-14(8-18(17)26)24(28,29)30/h2-8,15,19-20H,9-12H2,1H3,(H,31,33)/t15-,19+,20?/m0/s1. The van der Waals surface area contributed by atoms with Crippen LogP contribution in [0.4, 0.5) is 26.3 Å². The molecule has 2 fully saturated rings. The summed E-state index contributed by atoms with van der Waals surface area (Å²) >= 11 is 0. The summed E-state index contributed by atoms with van der Waals surface area (Å²) in [5, 5.41) is 2.24. The van der Waals surface area contributed by atoms with E-state index in [1.807, 2.05) is 0 Å². The maximum atomic E-state index is 15.4. The second-order valence-corrected chi connectivity index (χ2v) is 11.3. The minimum atomic E-state index is -4.86. The predicted octanol–water partition coefficient (Wildman–Crippen LogP) is 3.40. The molecular weight excluding hydrogens is 542 g/mol. The van der Waals surface area contributed by atoms with Gasteiger partial charge in [0.1, 0.15) is 18.0 Å². The highest BCUT2D eigenvalue weighted by molar-refractivity contribution is 7.90. The van der Waals surface area contributed by atoms with Gasteiger partial charge >= 0.3 is 6.18 Å². The first kappa shape index (κ1) is 27.9. The lowest BCUT2D eigenvalue weighted by atomic mass is 9.87. The molecule has 2 amide bonds. The number of ether oxygens (including phenoxy) is 1. The zero-order valence-corrected chi connectivity index (χ0v) is 20.6. The van der Waals surface area contributed by atoms with E-state index in [0.29, 0.717) is 12.1 Å². The van der Waals surface area contributed by atoms with Crippen LogP contribution >= 0.6 is 0 Å². The highest BCUT2D eigenvalue weighted by atomic mass is 32.2. The number of nitrogens with zero attached hydrogens (tertiary/aromatic N) is 1. The zero-order valence-electron chi connectivity index (χ0n) is 19.8. The highest BCUT2D eigenvalue weighted by Crippen LogP contribution is 2.39. The SMILES string of the molecule is CS(=O)(=O)c1cccc(C(=O)N2C[C@@H](F)C[C@@H]2C(=O)NC(c2ccc(C(F)(F)F)cc2F)C2(F)COC2)c1. The summed E-state index contributed by atoms with van der Waals surface area (Å²) in [6.07, 6.45) is -6.07. The Kier molecular flexibility index (Phi) is 7.25. The number of hydrogen-bond donors (Lipinski definition) is 1. The van der Waals surface area contributed by atoms with Crippen molar-refractivity contribution in [3.63, 3.8) is 0 Å². The third-order valence-electron chi connectivity index (χ3n) is 6.45. The molecule has 0 aromatic heterocycles. The lowest BCUT2D eigenvalue weighted by molar-refractivity contribution is -0.155. The number of rotatable bonds is 6. The summed E-state index contributed by atoms with van der Waals surface area (Å²) in [5.41, 5.74) is -4.40. The molecule has 4 rings (SSSR count). The van der Waals surface area contributed by atoms with Crippen LogP contribution in [0.3, 0.4) is 0 Å². The number of nitrogens with one attached hydrogen (secondary N) is 1. The Morgan fingerprint density at radius 1 is 1.16 bits per heavy atom. The molecule has 7 nitrogen and oxygen atoms in total. The number of sulfone groups is 1. The second kappa shape index (κ2) is 9.88. The van der Waals surface area contributed by atoms with E-state index in [4.69, 9.17) is 4.74 Å². The summed E-state index contributed by atoms with van der Waals surface area (Å²) < 4.78 is 112. The minimum Gasteiger partial charge on any atom is -0.374 e. The van der Waals surface area contributed by atoms with Crippen LogP contribution in [-0.2, 0) is 25.5 Å². The van der Waals surface area contributed by atoms with Crippen LogP contribution in [0.25, 0.3) is 0 Å². The summed E-state index contributed by atoms with van der Waals surface area (Å²) in [6, 6.07) is 3.04. The van der Waals surface area contributed by atoms with Crippen molar-refractivity contribution in [2.24, 2.45) is 0 Å². The van der Waals surface area contributed by atoms with Gasteiger partial charge < -0.3 is 15.0 Å². The molecule has 0 bridgehead atoms. The first-order valence-electron chi connectivity index (χ1n) is 11.3. The Hall–Kier alpha value is -3.13. The van der Waals surface area contributed by atoms with Crippen LogP contribution in [-0.4, -0.2) is 69.0 Å². The lowest BCUT2D eigenvalue weighted by Crippen LogP contribution is -2.58. The Labute approximate surface area is 213 Å². The molecule has 38 heavy (non-hydrogen) atoms. The Morgan fingerprint density at radius 3 is 2.39 bits per heavy atom. The fourth-order valence-electron chi connectivity index (χ4n) is 4.41. The molecule has 2 heterocycles. The van der Waals surface area contributed by atoms with E-state index < -0.39 is 94.9 Å². The molecular formula is C24H22F6N2O5S. The third-order valence-corrected chi connectivity index (χ3v) is 7.56. The third kappa shape index (κ3) is 5.51. The summed E-state index contributed by atoms with van der Waals surface area (Å²) in [7, 11) is -3.68. The molecule has 0 spiro atoms. The van der Waals surface area contributed by atoms with Crippen molar-refractivity contribution in [2.45, 2.75) is 41.4 Å². The Bertz CT molecular complexity index is 1360. The van der Waals surface area contributed by atoms with Crippen LogP contribution in [0.1, 0.15) is 33.9 Å². The van der Waals surface area contributed by atoms with Gasteiger partial charge in [-0.1, -0.05) is 12.1 Å². The molecule has 3 atom stereocenters. The van der Waals surface area contributed by atoms with E-state index in [1.54, 1.807) is 0 Å². The van der Waals surface area contributed by atoms with Crippen LogP contribution in [0.15, 0.2) is 47.4 Å². The number of hydrogen-bond acceptors (Lipinski definition) is 5. The number of carbonyl (C=O) groups excluding carboxylic acids is 2. The first-order valence-corrected chi connectivity index (χ1v) is 13.2. The summed E-state index contributed by atoms with van der Waals surface area (Å²) in [4.78, 5) is 27.0. The van der Waals surface area contributed by atoms with Crippen LogP contribution in [0.2, 0.25) is 0 Å². The van der Waals surface area contributed by atoms with Gasteiger partial charge in [-0.2, -0.15) is 13.2 Å². The van der Waals surface area contributed by atoms with Gasteiger partial charge in [0, 0.05) is 23.8 Å². The molecule has 2 aliphatic heterocycles. The van der Waals surface area contributed by atoms with Crippen LogP contribution in [0.5, 0.6) is 0 Å². The van der Waals surface area contributed by atoms with Crippen LogP contribution in [0, 0.1) is 5.82 Å². The topological polar surface area (TPSA) is 92.8 Å². The Balaban J connectivity index is 1.62. The molecule has 206 valence electrons. The number of halogens is 6. The molecule has 2 aliphatic rings. The average Bonchev–Trinajstić information content (AvgIpc) is 3.21. The molecule has 14 heteroatoms. The van der Waals surface area contributed by atoms with E-state index in [-0.39, 0.29) is 16.5 Å². The van der Waals surface area contributed by atoms with Crippen molar-refractivity contribution in [1.82, 2.24) is 10.2 Å². The average molecular weight is 565 g/mol. The van der Waals surface area contributed by atoms with Crippen molar-refractivity contribution in [2.75, 3.05) is 26.0 Å². The van der Waals surface area contributed by atoms with Gasteiger partial charge in [-0.15, -0.1) is 0 Å². The van der Waals surface area contributed by atoms with Gasteiger partial charge in [-0.05, 0) is 30.3 Å². The van der Waals surface area contributed by atoms with Gasteiger partial charge in [0.15, 0.2) is 15.5 Å². The quantitative estimate of drug-likeness (QED) is 0.544. The fraction of sp³-hybridized carbons (Fsp3) is 0.417. The summed E-state index contributed by atoms with van der Waals surface area (Å²) in [6.45, 7) is -1.70. The van der Waals surface area contributed by atoms with E-state index >= 15 is 4.39 Å². The predicted molar refractivity (Wildman–Crippen MR) is 121 cm³/mol. The molecule has 0 radical (unpaired) electrons. The zero-order chi connectivity index (χ0) is 28.0. The highest BCUT2D eigenvalue weighted by Gasteiger charge is 2.51. The molecule has 0 aliphatic carbocycles. The second-order valence-electron chi connectivity index (χ2n) is 9.31. The lowest BCUT2D eigenvalue weighted by Gasteiger charge is -2.41. The van der Waals surface area contributed by atoms with Crippen molar-refractivity contribution >= 4 is 21.7 Å². The van der Waals surface area contributed by atoms with E-state index in [9.17, 15) is 40.0 Å². The van der Waals surface area contributed by atoms with Crippen LogP contribution < -0.4 is 5.32 Å². The van der Waals surface area contributed by atoms with Crippen molar-refractivity contribution in [1.29, 1.82) is 0 Å².